The predicted octanol–water partition coefficient (Wildman–Crippen LogP) is 3.19. The number of benzene rings is 2. The molecule has 4 rings (SSSR count). The van der Waals surface area contributed by atoms with E-state index >= 15 is 0 Å². The van der Waals surface area contributed by atoms with Crippen molar-refractivity contribution in [2.45, 2.75) is 19.3 Å². The highest BCUT2D eigenvalue weighted by atomic mass is 16.6. The van der Waals surface area contributed by atoms with Crippen molar-refractivity contribution in [3.05, 3.63) is 58.6 Å². The summed E-state index contributed by atoms with van der Waals surface area (Å²) in [6.45, 7) is 2.41. The number of nitro benzene ring substituents is 1. The lowest BCUT2D eigenvalue weighted by molar-refractivity contribution is -0.384. The Morgan fingerprint density at radius 3 is 2.45 bits per heavy atom. The normalized spacial score (nSPS) is 18.9. The Morgan fingerprint density at radius 2 is 1.76 bits per heavy atom. The number of non-ortho nitro benzene ring substituents is 1. The molecule has 2 aromatic carbocycles. The van der Waals surface area contributed by atoms with Crippen molar-refractivity contribution >= 4 is 34.6 Å². The monoisotopic (exact) mass is 394 g/mol. The maximum absolute atomic E-state index is 12.6. The van der Waals surface area contributed by atoms with Crippen LogP contribution in [0.5, 0.6) is 0 Å². The molecule has 2 aliphatic rings. The molecule has 29 heavy (non-hydrogen) atoms. The largest absolute Gasteiger partial charge is 0.372 e. The number of carbonyl (C=O) groups is 2. The molecule has 0 saturated carbocycles. The van der Waals surface area contributed by atoms with Gasteiger partial charge in [0.05, 0.1) is 10.8 Å². The fourth-order valence-electron chi connectivity index (χ4n) is 3.89. The fourth-order valence-corrected chi connectivity index (χ4v) is 3.89. The fraction of sp³-hybridized carbons (Fsp3) is 0.333. The number of hydrogen-bond donors (Lipinski definition) is 1. The van der Waals surface area contributed by atoms with Gasteiger partial charge in [0.15, 0.2) is 0 Å². The second-order valence-electron chi connectivity index (χ2n) is 7.41. The molecule has 8 nitrogen and oxygen atoms in total. The highest BCUT2D eigenvalue weighted by Crippen LogP contribution is 2.29. The summed E-state index contributed by atoms with van der Waals surface area (Å²) in [6.07, 6.45) is 2.52. The standard InChI is InChI=1S/C21H22N4O4/c26-20-12-15(21(27)22-16-4-3-5-19(13-16)25(28)29)14-24(20)18-8-6-17(7-9-18)23-10-1-2-11-23/h3-9,13,15H,1-2,10-12,14H2,(H,22,27). The van der Waals surface area contributed by atoms with Crippen LogP contribution in [-0.4, -0.2) is 36.4 Å². The molecular weight excluding hydrogens is 372 g/mol. The predicted molar refractivity (Wildman–Crippen MR) is 110 cm³/mol. The summed E-state index contributed by atoms with van der Waals surface area (Å²) < 4.78 is 0. The first-order chi connectivity index (χ1) is 14.0. The average molecular weight is 394 g/mol. The molecule has 0 radical (unpaired) electrons. The Hall–Kier alpha value is -3.42. The highest BCUT2D eigenvalue weighted by Gasteiger charge is 2.35. The summed E-state index contributed by atoms with van der Waals surface area (Å²) in [4.78, 5) is 39.4. The van der Waals surface area contributed by atoms with E-state index in [1.54, 1.807) is 11.0 Å². The van der Waals surface area contributed by atoms with E-state index in [9.17, 15) is 19.7 Å². The van der Waals surface area contributed by atoms with E-state index in [1.165, 1.54) is 31.0 Å². The van der Waals surface area contributed by atoms with Crippen molar-refractivity contribution < 1.29 is 14.5 Å². The van der Waals surface area contributed by atoms with E-state index in [0.29, 0.717) is 12.2 Å². The lowest BCUT2D eigenvalue weighted by Crippen LogP contribution is -2.28. The minimum Gasteiger partial charge on any atom is -0.372 e. The van der Waals surface area contributed by atoms with E-state index in [-0.39, 0.29) is 23.9 Å². The number of amides is 2. The summed E-state index contributed by atoms with van der Waals surface area (Å²) in [7, 11) is 0. The van der Waals surface area contributed by atoms with E-state index in [4.69, 9.17) is 0 Å². The maximum atomic E-state index is 12.6. The van der Waals surface area contributed by atoms with Gasteiger partial charge in [-0.15, -0.1) is 0 Å². The van der Waals surface area contributed by atoms with E-state index in [0.717, 1.165) is 24.5 Å². The van der Waals surface area contributed by atoms with Gasteiger partial charge in [0.25, 0.3) is 5.69 Å². The minimum absolute atomic E-state index is 0.0926. The lowest BCUT2D eigenvalue weighted by Gasteiger charge is -2.20. The van der Waals surface area contributed by atoms with Crippen molar-refractivity contribution in [2.75, 3.05) is 34.8 Å². The first-order valence-electron chi connectivity index (χ1n) is 9.72. The first-order valence-corrected chi connectivity index (χ1v) is 9.72. The second-order valence-corrected chi connectivity index (χ2v) is 7.41. The van der Waals surface area contributed by atoms with E-state index in [1.807, 2.05) is 24.3 Å². The molecular formula is C21H22N4O4. The number of rotatable bonds is 5. The molecule has 1 atom stereocenters. The van der Waals surface area contributed by atoms with Crippen LogP contribution in [0, 0.1) is 16.0 Å². The Bertz CT molecular complexity index is 938. The Morgan fingerprint density at radius 1 is 1.07 bits per heavy atom. The van der Waals surface area contributed by atoms with Crippen LogP contribution >= 0.6 is 0 Å². The number of nitro groups is 1. The van der Waals surface area contributed by atoms with Crippen LogP contribution in [-0.2, 0) is 9.59 Å². The molecule has 0 aromatic heterocycles. The number of hydrogen-bond acceptors (Lipinski definition) is 5. The maximum Gasteiger partial charge on any atom is 0.271 e. The van der Waals surface area contributed by atoms with E-state index in [2.05, 4.69) is 10.2 Å². The van der Waals surface area contributed by atoms with Crippen LogP contribution in [0.15, 0.2) is 48.5 Å². The molecule has 1 unspecified atom stereocenters. The molecule has 2 aliphatic heterocycles. The zero-order valence-electron chi connectivity index (χ0n) is 15.9. The molecule has 2 aromatic rings. The molecule has 0 aliphatic carbocycles. The minimum atomic E-state index is -0.512. The van der Waals surface area contributed by atoms with Gasteiger partial charge in [0.1, 0.15) is 0 Å². The first kappa shape index (κ1) is 18.9. The summed E-state index contributed by atoms with van der Waals surface area (Å²) in [6, 6.07) is 13.7. The number of anilines is 3. The molecule has 2 heterocycles. The topological polar surface area (TPSA) is 95.8 Å². The summed E-state index contributed by atoms with van der Waals surface area (Å²) in [5, 5.41) is 13.6. The van der Waals surface area contributed by atoms with Gasteiger partial charge in [-0.3, -0.25) is 19.7 Å². The zero-order valence-corrected chi connectivity index (χ0v) is 15.9. The van der Waals surface area contributed by atoms with Gasteiger partial charge in [-0.2, -0.15) is 0 Å². The van der Waals surface area contributed by atoms with Crippen LogP contribution in [0.4, 0.5) is 22.7 Å². The number of nitrogens with zero attached hydrogens (tertiary/aromatic N) is 3. The summed E-state index contributed by atoms with van der Waals surface area (Å²) in [5.41, 5.74) is 2.19. The average Bonchev–Trinajstić information content (AvgIpc) is 3.38. The van der Waals surface area contributed by atoms with Crippen molar-refractivity contribution in [2.24, 2.45) is 5.92 Å². The number of nitrogens with one attached hydrogen (secondary N) is 1. The third kappa shape index (κ3) is 4.06. The van der Waals surface area contributed by atoms with Gasteiger partial charge in [-0.1, -0.05) is 6.07 Å². The van der Waals surface area contributed by atoms with Gasteiger partial charge in [-0.05, 0) is 43.2 Å². The molecule has 2 amide bonds. The van der Waals surface area contributed by atoms with Gasteiger partial charge < -0.3 is 15.1 Å². The van der Waals surface area contributed by atoms with Gasteiger partial charge in [0.2, 0.25) is 11.8 Å². The Balaban J connectivity index is 1.41. The van der Waals surface area contributed by atoms with Crippen molar-refractivity contribution in [1.29, 1.82) is 0 Å². The molecule has 8 heteroatoms. The van der Waals surface area contributed by atoms with Gasteiger partial charge in [0, 0.05) is 55.2 Å². The number of carbonyl (C=O) groups excluding carboxylic acids is 2. The second kappa shape index (κ2) is 7.90. The molecule has 1 N–H and O–H groups in total. The Labute approximate surface area is 168 Å². The molecule has 2 fully saturated rings. The van der Waals surface area contributed by atoms with Crippen molar-refractivity contribution in [3.63, 3.8) is 0 Å². The van der Waals surface area contributed by atoms with Crippen LogP contribution in [0.3, 0.4) is 0 Å². The quantitative estimate of drug-likeness (QED) is 0.621. The summed E-state index contributed by atoms with van der Waals surface area (Å²) >= 11 is 0. The summed E-state index contributed by atoms with van der Waals surface area (Å²) in [5.74, 6) is -0.909. The molecule has 0 spiro atoms. The zero-order chi connectivity index (χ0) is 20.4. The van der Waals surface area contributed by atoms with Crippen LogP contribution in [0.1, 0.15) is 19.3 Å². The van der Waals surface area contributed by atoms with Gasteiger partial charge in [-0.25, -0.2) is 0 Å². The van der Waals surface area contributed by atoms with Crippen LogP contribution in [0.25, 0.3) is 0 Å². The van der Waals surface area contributed by atoms with Crippen molar-refractivity contribution in [1.82, 2.24) is 0 Å². The molecule has 2 saturated heterocycles. The highest BCUT2D eigenvalue weighted by molar-refractivity contribution is 6.03. The van der Waals surface area contributed by atoms with E-state index < -0.39 is 10.8 Å². The third-order valence-electron chi connectivity index (χ3n) is 5.45. The van der Waals surface area contributed by atoms with Crippen LogP contribution < -0.4 is 15.1 Å². The SMILES string of the molecule is O=C(Nc1cccc([N+](=O)[O-])c1)C1CC(=O)N(c2ccc(N3CCCC3)cc2)C1. The Kier molecular flexibility index (Phi) is 5.16. The molecule has 0 bridgehead atoms. The van der Waals surface area contributed by atoms with Crippen LogP contribution in [0.2, 0.25) is 0 Å². The lowest BCUT2D eigenvalue weighted by atomic mass is 10.1. The van der Waals surface area contributed by atoms with Crippen molar-refractivity contribution in [3.8, 4) is 0 Å². The third-order valence-corrected chi connectivity index (χ3v) is 5.45. The molecule has 150 valence electrons. The smallest absolute Gasteiger partial charge is 0.271 e. The van der Waals surface area contributed by atoms with Gasteiger partial charge >= 0.3 is 0 Å².